The average molecular weight is 179 g/mol. The van der Waals surface area contributed by atoms with E-state index in [9.17, 15) is 0 Å². The fourth-order valence-corrected chi connectivity index (χ4v) is 1.94. The zero-order chi connectivity index (χ0) is 9.84. The van der Waals surface area contributed by atoms with Crippen molar-refractivity contribution in [1.29, 1.82) is 0 Å². The Kier molecular flexibility index (Phi) is 3.58. The van der Waals surface area contributed by atoms with Gasteiger partial charge in [0.1, 0.15) is 0 Å². The summed E-state index contributed by atoms with van der Waals surface area (Å²) in [4.78, 5) is 2.30. The topological polar surface area (TPSA) is 3.24 Å². The van der Waals surface area contributed by atoms with E-state index >= 15 is 0 Å². The predicted molar refractivity (Wildman–Crippen MR) is 58.6 cm³/mol. The van der Waals surface area contributed by atoms with Crippen LogP contribution in [0.25, 0.3) is 0 Å². The van der Waals surface area contributed by atoms with Crippen LogP contribution in [0.4, 0.5) is 0 Å². The predicted octanol–water partition coefficient (Wildman–Crippen LogP) is 3.34. The summed E-state index contributed by atoms with van der Waals surface area (Å²) in [7, 11) is 2.16. The van der Waals surface area contributed by atoms with Crippen molar-refractivity contribution in [3.8, 4) is 0 Å². The molecule has 13 heavy (non-hydrogen) atoms. The van der Waals surface area contributed by atoms with Gasteiger partial charge >= 0.3 is 0 Å². The van der Waals surface area contributed by atoms with Crippen molar-refractivity contribution in [3.05, 3.63) is 23.4 Å². The van der Waals surface area contributed by atoms with Crippen LogP contribution in [0, 0.1) is 0 Å². The molecule has 1 heteroatoms. The maximum absolute atomic E-state index is 2.30. The quantitative estimate of drug-likeness (QED) is 0.642. The van der Waals surface area contributed by atoms with Crippen LogP contribution in [0.3, 0.4) is 0 Å². The normalized spacial score (nSPS) is 22.8. The molecule has 0 aromatic rings. The molecule has 1 unspecified atom stereocenters. The second-order valence-corrected chi connectivity index (χ2v) is 3.81. The smallest absolute Gasteiger partial charge is 0.0471 e. The van der Waals surface area contributed by atoms with E-state index in [1.807, 2.05) is 0 Å². The van der Waals surface area contributed by atoms with Crippen LogP contribution in [-0.2, 0) is 0 Å². The molecular weight excluding hydrogens is 158 g/mol. The number of allylic oxidation sites excluding steroid dienone is 2. The van der Waals surface area contributed by atoms with Crippen molar-refractivity contribution >= 4 is 0 Å². The highest BCUT2D eigenvalue weighted by molar-refractivity contribution is 5.32. The molecular formula is C12H21N. The Morgan fingerprint density at radius 3 is 2.62 bits per heavy atom. The first kappa shape index (κ1) is 10.4. The van der Waals surface area contributed by atoms with Crippen LogP contribution in [0.15, 0.2) is 23.4 Å². The van der Waals surface area contributed by atoms with E-state index in [2.05, 4.69) is 45.0 Å². The third kappa shape index (κ3) is 2.15. The lowest BCUT2D eigenvalue weighted by Crippen LogP contribution is -2.29. The molecule has 0 aliphatic carbocycles. The van der Waals surface area contributed by atoms with Gasteiger partial charge in [-0.3, -0.25) is 0 Å². The molecule has 1 aliphatic rings. The highest BCUT2D eigenvalue weighted by atomic mass is 15.1. The zero-order valence-corrected chi connectivity index (χ0v) is 9.30. The zero-order valence-electron chi connectivity index (χ0n) is 9.30. The lowest BCUT2D eigenvalue weighted by Gasteiger charge is -2.31. The molecule has 1 nitrogen and oxygen atoms in total. The molecule has 0 saturated heterocycles. The van der Waals surface area contributed by atoms with Gasteiger partial charge in [-0.1, -0.05) is 20.3 Å². The second kappa shape index (κ2) is 4.50. The number of hydrogen-bond acceptors (Lipinski definition) is 1. The van der Waals surface area contributed by atoms with E-state index in [0.29, 0.717) is 6.04 Å². The van der Waals surface area contributed by atoms with Gasteiger partial charge < -0.3 is 4.90 Å². The monoisotopic (exact) mass is 179 g/mol. The van der Waals surface area contributed by atoms with Crippen molar-refractivity contribution in [1.82, 2.24) is 4.90 Å². The van der Waals surface area contributed by atoms with Crippen molar-refractivity contribution in [2.45, 2.75) is 46.1 Å². The van der Waals surface area contributed by atoms with Crippen molar-refractivity contribution in [2.75, 3.05) is 7.05 Å². The van der Waals surface area contributed by atoms with Gasteiger partial charge in [-0.15, -0.1) is 0 Å². The summed E-state index contributed by atoms with van der Waals surface area (Å²) in [5.74, 6) is 0. The van der Waals surface area contributed by atoms with Gasteiger partial charge in [-0.2, -0.15) is 0 Å². The van der Waals surface area contributed by atoms with E-state index in [1.54, 1.807) is 11.1 Å². The third-order valence-corrected chi connectivity index (χ3v) is 2.94. The second-order valence-electron chi connectivity index (χ2n) is 3.81. The highest BCUT2D eigenvalue weighted by Crippen LogP contribution is 2.26. The van der Waals surface area contributed by atoms with Crippen molar-refractivity contribution in [3.63, 3.8) is 0 Å². The van der Waals surface area contributed by atoms with Crippen LogP contribution < -0.4 is 0 Å². The summed E-state index contributed by atoms with van der Waals surface area (Å²) in [6, 6.07) is 0.597. The Hall–Kier alpha value is -0.720. The Bertz CT molecular complexity index is 225. The summed E-state index contributed by atoms with van der Waals surface area (Å²) in [5.41, 5.74) is 3.18. The molecule has 1 heterocycles. The first-order chi connectivity index (χ1) is 6.20. The number of hydrogen-bond donors (Lipinski definition) is 0. The van der Waals surface area contributed by atoms with Gasteiger partial charge in [-0.25, -0.2) is 0 Å². The maximum Gasteiger partial charge on any atom is 0.0471 e. The van der Waals surface area contributed by atoms with Crippen LogP contribution >= 0.6 is 0 Å². The fraction of sp³-hybridized carbons (Fsp3) is 0.667. The lowest BCUT2D eigenvalue weighted by atomic mass is 9.93. The molecule has 1 atom stereocenters. The molecule has 0 aromatic carbocycles. The van der Waals surface area contributed by atoms with Crippen LogP contribution in [0.5, 0.6) is 0 Å². The Morgan fingerprint density at radius 2 is 2.08 bits per heavy atom. The molecule has 0 spiro atoms. The first-order valence-corrected chi connectivity index (χ1v) is 5.32. The Morgan fingerprint density at radius 1 is 1.38 bits per heavy atom. The molecule has 0 saturated carbocycles. The first-order valence-electron chi connectivity index (χ1n) is 5.32. The van der Waals surface area contributed by atoms with E-state index in [1.165, 1.54) is 19.3 Å². The van der Waals surface area contributed by atoms with Gasteiger partial charge in [0.05, 0.1) is 0 Å². The molecule has 0 amide bonds. The van der Waals surface area contributed by atoms with Gasteiger partial charge in [0, 0.05) is 13.1 Å². The maximum atomic E-state index is 2.30. The Labute approximate surface area is 82.1 Å². The van der Waals surface area contributed by atoms with Crippen molar-refractivity contribution in [2.24, 2.45) is 0 Å². The van der Waals surface area contributed by atoms with Crippen LogP contribution in [0.1, 0.15) is 40.0 Å². The summed E-state index contributed by atoms with van der Waals surface area (Å²) < 4.78 is 0. The summed E-state index contributed by atoms with van der Waals surface area (Å²) in [6.07, 6.45) is 8.14. The van der Waals surface area contributed by atoms with Gasteiger partial charge in [0.2, 0.25) is 0 Å². The van der Waals surface area contributed by atoms with Gasteiger partial charge in [-0.05, 0) is 43.2 Å². The van der Waals surface area contributed by atoms with E-state index in [4.69, 9.17) is 0 Å². The molecule has 0 N–H and O–H groups in total. The SMILES string of the molecule is CCCC1=C(CC)C=CN(C)C1C. The number of rotatable bonds is 3. The number of nitrogens with zero attached hydrogens (tertiary/aromatic N) is 1. The fourth-order valence-electron chi connectivity index (χ4n) is 1.94. The summed E-state index contributed by atoms with van der Waals surface area (Å²) in [6.45, 7) is 6.79. The van der Waals surface area contributed by atoms with Crippen LogP contribution in [-0.4, -0.2) is 18.0 Å². The molecule has 0 radical (unpaired) electrons. The average Bonchev–Trinajstić information content (AvgIpc) is 2.14. The van der Waals surface area contributed by atoms with Crippen molar-refractivity contribution < 1.29 is 0 Å². The minimum atomic E-state index is 0.597. The Balaban J connectivity index is 2.87. The molecule has 0 bridgehead atoms. The summed E-state index contributed by atoms with van der Waals surface area (Å²) >= 11 is 0. The molecule has 1 aliphatic heterocycles. The minimum absolute atomic E-state index is 0.597. The lowest BCUT2D eigenvalue weighted by molar-refractivity contribution is 0.374. The molecule has 0 fully saturated rings. The van der Waals surface area contributed by atoms with Crippen LogP contribution in [0.2, 0.25) is 0 Å². The third-order valence-electron chi connectivity index (χ3n) is 2.94. The van der Waals surface area contributed by atoms with Gasteiger partial charge in [0.15, 0.2) is 0 Å². The van der Waals surface area contributed by atoms with Gasteiger partial charge in [0.25, 0.3) is 0 Å². The molecule has 0 aromatic heterocycles. The highest BCUT2D eigenvalue weighted by Gasteiger charge is 2.17. The van der Waals surface area contributed by atoms with E-state index < -0.39 is 0 Å². The number of likely N-dealkylation sites (N-methyl/N-ethyl adjacent to an activating group) is 1. The van der Waals surface area contributed by atoms with E-state index in [0.717, 1.165) is 0 Å². The molecule has 1 rings (SSSR count). The summed E-state index contributed by atoms with van der Waals surface area (Å²) in [5, 5.41) is 0. The molecule has 74 valence electrons. The van der Waals surface area contributed by atoms with E-state index in [-0.39, 0.29) is 0 Å². The minimum Gasteiger partial charge on any atom is -0.374 e. The largest absolute Gasteiger partial charge is 0.374 e. The standard InChI is InChI=1S/C12H21N/c1-5-7-12-10(3)13(4)9-8-11(12)6-2/h8-10H,5-7H2,1-4H3.